The summed E-state index contributed by atoms with van der Waals surface area (Å²) in [5.74, 6) is 0.814. The number of rotatable bonds is 7. The Hall–Kier alpha value is -2.39. The lowest BCUT2D eigenvalue weighted by molar-refractivity contribution is 0.104. The van der Waals surface area contributed by atoms with Crippen molar-refractivity contribution in [3.05, 3.63) is 71.8 Å². The Labute approximate surface area is 125 Å². The van der Waals surface area contributed by atoms with Crippen molar-refractivity contribution in [3.63, 3.8) is 0 Å². The zero-order valence-electron chi connectivity index (χ0n) is 11.9. The van der Waals surface area contributed by atoms with Crippen molar-refractivity contribution < 1.29 is 9.53 Å². The third kappa shape index (κ3) is 4.89. The fraction of sp³-hybridized carbons (Fsp3) is 0.167. The number of carbonyl (C=O) groups excluding carboxylic acids is 1. The van der Waals surface area contributed by atoms with Gasteiger partial charge < -0.3 is 10.5 Å². The molecule has 0 aliphatic heterocycles. The van der Waals surface area contributed by atoms with Crippen LogP contribution in [0.2, 0.25) is 0 Å². The average molecular weight is 281 g/mol. The summed E-state index contributed by atoms with van der Waals surface area (Å²) in [6.07, 6.45) is 4.23. The summed E-state index contributed by atoms with van der Waals surface area (Å²) >= 11 is 0. The molecule has 0 aliphatic carbocycles. The summed E-state index contributed by atoms with van der Waals surface area (Å²) in [5, 5.41) is 0. The molecule has 0 atom stereocenters. The molecule has 108 valence electrons. The van der Waals surface area contributed by atoms with Gasteiger partial charge in [-0.2, -0.15) is 0 Å². The molecule has 0 fully saturated rings. The van der Waals surface area contributed by atoms with E-state index in [-0.39, 0.29) is 5.78 Å². The third-order valence-electron chi connectivity index (χ3n) is 2.98. The highest BCUT2D eigenvalue weighted by Gasteiger charge is 1.99. The molecule has 2 rings (SSSR count). The minimum atomic E-state index is -0.00104. The van der Waals surface area contributed by atoms with Gasteiger partial charge >= 0.3 is 0 Å². The van der Waals surface area contributed by atoms with Gasteiger partial charge in [-0.1, -0.05) is 48.5 Å². The predicted octanol–water partition coefficient (Wildman–Crippen LogP) is 3.31. The predicted molar refractivity (Wildman–Crippen MR) is 85.4 cm³/mol. The quantitative estimate of drug-likeness (QED) is 0.481. The van der Waals surface area contributed by atoms with Gasteiger partial charge in [-0.05, 0) is 36.7 Å². The zero-order valence-corrected chi connectivity index (χ0v) is 11.9. The van der Waals surface area contributed by atoms with Gasteiger partial charge in [-0.15, -0.1) is 0 Å². The highest BCUT2D eigenvalue weighted by molar-refractivity contribution is 6.06. The lowest BCUT2D eigenvalue weighted by Gasteiger charge is -2.04. The van der Waals surface area contributed by atoms with Crippen molar-refractivity contribution in [1.82, 2.24) is 0 Å². The van der Waals surface area contributed by atoms with Crippen LogP contribution >= 0.6 is 0 Å². The van der Waals surface area contributed by atoms with Crippen LogP contribution in [-0.2, 0) is 0 Å². The zero-order chi connectivity index (χ0) is 14.9. The Bertz CT molecular complexity index is 588. The van der Waals surface area contributed by atoms with E-state index in [0.29, 0.717) is 18.7 Å². The van der Waals surface area contributed by atoms with Gasteiger partial charge in [0.25, 0.3) is 0 Å². The van der Waals surface area contributed by atoms with Crippen LogP contribution in [0.4, 0.5) is 0 Å². The van der Waals surface area contributed by atoms with Crippen LogP contribution in [0.3, 0.4) is 0 Å². The molecule has 21 heavy (non-hydrogen) atoms. The van der Waals surface area contributed by atoms with Gasteiger partial charge in [0.05, 0.1) is 6.61 Å². The summed E-state index contributed by atoms with van der Waals surface area (Å²) < 4.78 is 5.53. The van der Waals surface area contributed by atoms with Crippen molar-refractivity contribution in [2.24, 2.45) is 5.73 Å². The summed E-state index contributed by atoms with van der Waals surface area (Å²) in [6, 6.07) is 16.8. The molecule has 3 heteroatoms. The third-order valence-corrected chi connectivity index (χ3v) is 2.98. The SMILES string of the molecule is NCCCOc1ccc(/C=C/C(=O)c2ccccc2)cc1. The first-order chi connectivity index (χ1) is 10.3. The molecule has 0 heterocycles. The molecular formula is C18H19NO2. The van der Waals surface area contributed by atoms with E-state index in [1.807, 2.05) is 42.5 Å². The number of hydrogen-bond donors (Lipinski definition) is 1. The number of allylic oxidation sites excluding steroid dienone is 1. The Morgan fingerprint density at radius 1 is 1.05 bits per heavy atom. The van der Waals surface area contributed by atoms with Crippen LogP contribution in [0, 0.1) is 0 Å². The highest BCUT2D eigenvalue weighted by Crippen LogP contribution is 2.14. The van der Waals surface area contributed by atoms with Crippen molar-refractivity contribution in [2.45, 2.75) is 6.42 Å². The average Bonchev–Trinajstić information content (AvgIpc) is 2.55. The van der Waals surface area contributed by atoms with E-state index in [0.717, 1.165) is 17.7 Å². The molecule has 0 radical (unpaired) electrons. The van der Waals surface area contributed by atoms with E-state index in [1.54, 1.807) is 24.3 Å². The van der Waals surface area contributed by atoms with Crippen LogP contribution in [0.5, 0.6) is 5.75 Å². The molecule has 0 aromatic heterocycles. The number of nitrogens with two attached hydrogens (primary N) is 1. The lowest BCUT2D eigenvalue weighted by atomic mass is 10.1. The van der Waals surface area contributed by atoms with Crippen LogP contribution in [0.15, 0.2) is 60.7 Å². The van der Waals surface area contributed by atoms with E-state index < -0.39 is 0 Å². The Balaban J connectivity index is 1.93. The second kappa shape index (κ2) is 8.02. The molecule has 0 spiro atoms. The fourth-order valence-electron chi connectivity index (χ4n) is 1.82. The van der Waals surface area contributed by atoms with Crippen LogP contribution in [-0.4, -0.2) is 18.9 Å². The Morgan fingerprint density at radius 3 is 2.43 bits per heavy atom. The van der Waals surface area contributed by atoms with E-state index >= 15 is 0 Å². The van der Waals surface area contributed by atoms with Crippen molar-refractivity contribution in [2.75, 3.05) is 13.2 Å². The molecular weight excluding hydrogens is 262 g/mol. The molecule has 0 saturated carbocycles. The smallest absolute Gasteiger partial charge is 0.185 e. The van der Waals surface area contributed by atoms with Gasteiger partial charge in [0.1, 0.15) is 5.75 Å². The van der Waals surface area contributed by atoms with E-state index in [1.165, 1.54) is 0 Å². The monoisotopic (exact) mass is 281 g/mol. The summed E-state index contributed by atoms with van der Waals surface area (Å²) in [6.45, 7) is 1.25. The molecule has 3 nitrogen and oxygen atoms in total. The molecule has 2 N–H and O–H groups in total. The number of ketones is 1. The second-order valence-corrected chi connectivity index (χ2v) is 4.62. The Kier molecular flexibility index (Phi) is 5.73. The van der Waals surface area contributed by atoms with E-state index in [4.69, 9.17) is 10.5 Å². The van der Waals surface area contributed by atoms with Gasteiger partial charge in [0.2, 0.25) is 0 Å². The first kappa shape index (κ1) is 15.0. The molecule has 0 amide bonds. The van der Waals surface area contributed by atoms with Gasteiger partial charge in [0, 0.05) is 5.56 Å². The molecule has 0 bridgehead atoms. The topological polar surface area (TPSA) is 52.3 Å². The summed E-state index contributed by atoms with van der Waals surface area (Å²) in [4.78, 5) is 11.9. The van der Waals surface area contributed by atoms with Crippen molar-refractivity contribution >= 4 is 11.9 Å². The van der Waals surface area contributed by atoms with Crippen LogP contribution in [0.25, 0.3) is 6.08 Å². The van der Waals surface area contributed by atoms with Crippen molar-refractivity contribution in [1.29, 1.82) is 0 Å². The number of carbonyl (C=O) groups is 1. The standard InChI is InChI=1S/C18H19NO2/c19-13-4-14-21-17-10-7-15(8-11-17)9-12-18(20)16-5-2-1-3-6-16/h1-3,5-12H,4,13-14,19H2/b12-9+. The minimum absolute atomic E-state index is 0.00104. The van der Waals surface area contributed by atoms with Crippen LogP contribution in [0.1, 0.15) is 22.3 Å². The minimum Gasteiger partial charge on any atom is -0.494 e. The first-order valence-corrected chi connectivity index (χ1v) is 7.00. The first-order valence-electron chi connectivity index (χ1n) is 7.00. The van der Waals surface area contributed by atoms with E-state index in [2.05, 4.69) is 0 Å². The molecule has 2 aromatic carbocycles. The summed E-state index contributed by atoms with van der Waals surface area (Å²) in [7, 11) is 0. The normalized spacial score (nSPS) is 10.7. The fourth-order valence-corrected chi connectivity index (χ4v) is 1.82. The van der Waals surface area contributed by atoms with E-state index in [9.17, 15) is 4.79 Å². The molecule has 0 saturated heterocycles. The van der Waals surface area contributed by atoms with Gasteiger partial charge in [-0.3, -0.25) is 4.79 Å². The number of hydrogen-bond acceptors (Lipinski definition) is 3. The summed E-state index contributed by atoms with van der Waals surface area (Å²) in [5.41, 5.74) is 7.07. The maximum absolute atomic E-state index is 11.9. The molecule has 2 aromatic rings. The van der Waals surface area contributed by atoms with Crippen molar-refractivity contribution in [3.8, 4) is 5.75 Å². The van der Waals surface area contributed by atoms with Crippen LogP contribution < -0.4 is 10.5 Å². The van der Waals surface area contributed by atoms with Gasteiger partial charge in [-0.25, -0.2) is 0 Å². The maximum Gasteiger partial charge on any atom is 0.185 e. The Morgan fingerprint density at radius 2 is 1.76 bits per heavy atom. The number of benzene rings is 2. The molecule has 0 aliphatic rings. The lowest BCUT2D eigenvalue weighted by Crippen LogP contribution is -2.05. The second-order valence-electron chi connectivity index (χ2n) is 4.62. The highest BCUT2D eigenvalue weighted by atomic mass is 16.5. The largest absolute Gasteiger partial charge is 0.494 e. The molecule has 0 unspecified atom stereocenters. The maximum atomic E-state index is 11.9. The number of ether oxygens (including phenoxy) is 1. The van der Waals surface area contributed by atoms with Gasteiger partial charge in [0.15, 0.2) is 5.78 Å².